The normalized spacial score (nSPS) is 13.5. The van der Waals surface area contributed by atoms with Crippen molar-refractivity contribution in [1.82, 2.24) is 0 Å². The van der Waals surface area contributed by atoms with E-state index in [0.717, 1.165) is 17.0 Å². The second kappa shape index (κ2) is 9.74. The summed E-state index contributed by atoms with van der Waals surface area (Å²) in [5.74, 6) is -2.51. The summed E-state index contributed by atoms with van der Waals surface area (Å²) in [5, 5.41) is 3.03. The minimum absolute atomic E-state index is 0.00829. The molecule has 0 aromatic heterocycles. The number of anilines is 2. The number of nitrogens with zero attached hydrogens (tertiary/aromatic N) is 1. The smallest absolute Gasteiger partial charge is 0.282 e. The van der Waals surface area contributed by atoms with Crippen LogP contribution in [-0.4, -0.2) is 25.0 Å². The molecular weight excluding hydrogens is 442 g/mol. The van der Waals surface area contributed by atoms with E-state index in [9.17, 15) is 18.4 Å². The van der Waals surface area contributed by atoms with Gasteiger partial charge in [-0.05, 0) is 55.8 Å². The van der Waals surface area contributed by atoms with Gasteiger partial charge in [-0.2, -0.15) is 0 Å². The van der Waals surface area contributed by atoms with Crippen molar-refractivity contribution in [3.8, 4) is 11.5 Å². The molecule has 3 aromatic carbocycles. The maximum Gasteiger partial charge on any atom is 0.282 e. The van der Waals surface area contributed by atoms with E-state index in [2.05, 4.69) is 5.32 Å². The van der Waals surface area contributed by atoms with E-state index in [4.69, 9.17) is 9.47 Å². The van der Waals surface area contributed by atoms with Crippen molar-refractivity contribution in [2.24, 2.45) is 0 Å². The van der Waals surface area contributed by atoms with Crippen LogP contribution in [0, 0.1) is 11.6 Å². The quantitative estimate of drug-likeness (QED) is 0.467. The Labute approximate surface area is 195 Å². The number of para-hydroxylation sites is 2. The molecule has 4 rings (SSSR count). The van der Waals surface area contributed by atoms with Crippen LogP contribution in [0.5, 0.6) is 11.5 Å². The van der Waals surface area contributed by atoms with Crippen LogP contribution < -0.4 is 19.7 Å². The molecule has 174 valence electrons. The minimum atomic E-state index is -1.16. The van der Waals surface area contributed by atoms with Gasteiger partial charge in [-0.3, -0.25) is 9.59 Å². The topological polar surface area (TPSA) is 67.9 Å². The SMILES string of the molecule is CCOc1ccc(C2=C(Nc3ccccc3OCC)C(=O)N(c3ccc(F)c(F)c3)C2=O)cc1. The summed E-state index contributed by atoms with van der Waals surface area (Å²) in [5.41, 5.74) is 0.946. The molecule has 0 saturated heterocycles. The number of rotatable bonds is 8. The molecule has 0 unspecified atom stereocenters. The highest BCUT2D eigenvalue weighted by Gasteiger charge is 2.40. The molecule has 1 aliphatic heterocycles. The van der Waals surface area contributed by atoms with Crippen LogP contribution in [0.1, 0.15) is 19.4 Å². The molecule has 6 nitrogen and oxygen atoms in total. The van der Waals surface area contributed by atoms with Gasteiger partial charge >= 0.3 is 0 Å². The summed E-state index contributed by atoms with van der Waals surface area (Å²) in [4.78, 5) is 27.7. The van der Waals surface area contributed by atoms with Crippen LogP contribution in [0.3, 0.4) is 0 Å². The Bertz CT molecular complexity index is 1270. The number of ether oxygens (including phenoxy) is 2. The van der Waals surface area contributed by atoms with Gasteiger partial charge in [-0.15, -0.1) is 0 Å². The second-order valence-electron chi connectivity index (χ2n) is 7.31. The molecule has 0 bridgehead atoms. The summed E-state index contributed by atoms with van der Waals surface area (Å²) in [6, 6.07) is 16.6. The lowest BCUT2D eigenvalue weighted by atomic mass is 10.0. The van der Waals surface area contributed by atoms with Gasteiger partial charge in [0.05, 0.1) is 30.2 Å². The number of imide groups is 1. The zero-order valence-electron chi connectivity index (χ0n) is 18.6. The highest BCUT2D eigenvalue weighted by Crippen LogP contribution is 2.36. The number of amides is 2. The van der Waals surface area contributed by atoms with Crippen LogP contribution >= 0.6 is 0 Å². The number of nitrogens with one attached hydrogen (secondary N) is 1. The fraction of sp³-hybridized carbons (Fsp3) is 0.154. The van der Waals surface area contributed by atoms with Crippen molar-refractivity contribution < 1.29 is 27.8 Å². The third-order valence-electron chi connectivity index (χ3n) is 5.15. The molecule has 0 aliphatic carbocycles. The Morgan fingerprint density at radius 1 is 0.824 bits per heavy atom. The standard InChI is InChI=1S/C26H22F2N2O4/c1-3-33-18-12-9-16(10-13-18)23-24(29-21-7-5-6-8-22(21)34-4-2)26(32)30(25(23)31)17-11-14-19(27)20(28)15-17/h5-15,29H,3-4H2,1-2H3. The fourth-order valence-corrected chi connectivity index (χ4v) is 3.64. The molecule has 0 atom stereocenters. The lowest BCUT2D eigenvalue weighted by molar-refractivity contribution is -0.120. The zero-order chi connectivity index (χ0) is 24.2. The van der Waals surface area contributed by atoms with Crippen molar-refractivity contribution >= 4 is 28.8 Å². The van der Waals surface area contributed by atoms with Gasteiger partial charge in [0.2, 0.25) is 0 Å². The van der Waals surface area contributed by atoms with E-state index in [1.165, 1.54) is 6.07 Å². The summed E-state index contributed by atoms with van der Waals surface area (Å²) < 4.78 is 38.5. The van der Waals surface area contributed by atoms with Crippen molar-refractivity contribution in [2.45, 2.75) is 13.8 Å². The maximum absolute atomic E-state index is 13.9. The van der Waals surface area contributed by atoms with Gasteiger partial charge in [-0.25, -0.2) is 13.7 Å². The molecule has 1 N–H and O–H groups in total. The number of halogens is 2. The monoisotopic (exact) mass is 464 g/mol. The van der Waals surface area contributed by atoms with Crippen molar-refractivity contribution in [1.29, 1.82) is 0 Å². The van der Waals surface area contributed by atoms with Gasteiger partial charge in [0.15, 0.2) is 11.6 Å². The molecule has 1 aliphatic rings. The van der Waals surface area contributed by atoms with E-state index in [1.807, 2.05) is 13.8 Å². The summed E-state index contributed by atoms with van der Waals surface area (Å²) >= 11 is 0. The molecule has 34 heavy (non-hydrogen) atoms. The van der Waals surface area contributed by atoms with E-state index in [1.54, 1.807) is 48.5 Å². The molecular formula is C26H22F2N2O4. The van der Waals surface area contributed by atoms with Crippen LogP contribution in [0.2, 0.25) is 0 Å². The van der Waals surface area contributed by atoms with E-state index in [0.29, 0.717) is 36.0 Å². The number of hydrogen-bond donors (Lipinski definition) is 1. The van der Waals surface area contributed by atoms with Crippen LogP contribution in [0.25, 0.3) is 5.57 Å². The highest BCUT2D eigenvalue weighted by atomic mass is 19.2. The summed E-state index contributed by atoms with van der Waals surface area (Å²) in [6.07, 6.45) is 0. The number of carbonyl (C=O) groups is 2. The lowest BCUT2D eigenvalue weighted by Gasteiger charge is -2.16. The molecule has 0 radical (unpaired) electrons. The number of benzene rings is 3. The first-order valence-corrected chi connectivity index (χ1v) is 10.7. The fourth-order valence-electron chi connectivity index (χ4n) is 3.64. The average molecular weight is 464 g/mol. The van der Waals surface area contributed by atoms with Gasteiger partial charge in [0, 0.05) is 6.07 Å². The van der Waals surface area contributed by atoms with Crippen LogP contribution in [0.4, 0.5) is 20.2 Å². The molecule has 2 amide bonds. The first kappa shape index (κ1) is 23.0. The zero-order valence-corrected chi connectivity index (χ0v) is 18.6. The molecule has 3 aromatic rings. The van der Waals surface area contributed by atoms with Crippen molar-refractivity contribution in [3.05, 3.63) is 89.6 Å². The van der Waals surface area contributed by atoms with E-state index < -0.39 is 23.4 Å². The molecule has 8 heteroatoms. The Balaban J connectivity index is 1.81. The Hall–Kier alpha value is -4.20. The van der Waals surface area contributed by atoms with Crippen LogP contribution in [0.15, 0.2) is 72.4 Å². The molecule has 0 saturated carbocycles. The van der Waals surface area contributed by atoms with Gasteiger partial charge in [-0.1, -0.05) is 24.3 Å². The third-order valence-corrected chi connectivity index (χ3v) is 5.15. The maximum atomic E-state index is 13.9. The second-order valence-corrected chi connectivity index (χ2v) is 7.31. The van der Waals surface area contributed by atoms with E-state index >= 15 is 0 Å². The third kappa shape index (κ3) is 4.34. The molecule has 1 heterocycles. The highest BCUT2D eigenvalue weighted by molar-refractivity contribution is 6.46. The van der Waals surface area contributed by atoms with Crippen molar-refractivity contribution in [3.63, 3.8) is 0 Å². The number of carbonyl (C=O) groups excluding carboxylic acids is 2. The van der Waals surface area contributed by atoms with E-state index in [-0.39, 0.29) is 17.0 Å². The first-order valence-electron chi connectivity index (χ1n) is 10.7. The largest absolute Gasteiger partial charge is 0.494 e. The van der Waals surface area contributed by atoms with Crippen LogP contribution in [-0.2, 0) is 9.59 Å². The minimum Gasteiger partial charge on any atom is -0.494 e. The van der Waals surface area contributed by atoms with Crippen molar-refractivity contribution in [2.75, 3.05) is 23.4 Å². The van der Waals surface area contributed by atoms with Gasteiger partial charge in [0.1, 0.15) is 17.2 Å². The first-order chi connectivity index (χ1) is 16.4. The number of hydrogen-bond acceptors (Lipinski definition) is 5. The molecule has 0 spiro atoms. The summed E-state index contributed by atoms with van der Waals surface area (Å²) in [6.45, 7) is 4.56. The Morgan fingerprint density at radius 2 is 1.53 bits per heavy atom. The lowest BCUT2D eigenvalue weighted by Crippen LogP contribution is -2.32. The molecule has 0 fully saturated rings. The van der Waals surface area contributed by atoms with Gasteiger partial charge in [0.25, 0.3) is 11.8 Å². The average Bonchev–Trinajstić information content (AvgIpc) is 3.07. The van der Waals surface area contributed by atoms with Gasteiger partial charge < -0.3 is 14.8 Å². The predicted octanol–water partition coefficient (Wildman–Crippen LogP) is 5.16. The Kier molecular flexibility index (Phi) is 6.58. The Morgan fingerprint density at radius 3 is 2.21 bits per heavy atom. The summed E-state index contributed by atoms with van der Waals surface area (Å²) in [7, 11) is 0. The predicted molar refractivity (Wildman–Crippen MR) is 125 cm³/mol.